The highest BCUT2D eigenvalue weighted by Crippen LogP contribution is 2.37. The van der Waals surface area contributed by atoms with E-state index in [1.54, 1.807) is 11.3 Å². The van der Waals surface area contributed by atoms with E-state index < -0.39 is 0 Å². The molecule has 1 heterocycles. The second-order valence-electron chi connectivity index (χ2n) is 8.20. The molecule has 138 valence electrons. The third-order valence-electron chi connectivity index (χ3n) is 5.39. The average Bonchev–Trinajstić information content (AvgIpc) is 2.70. The summed E-state index contributed by atoms with van der Waals surface area (Å²) in [5, 5.41) is 13.3. The van der Waals surface area contributed by atoms with E-state index in [-0.39, 0.29) is 11.3 Å². The Morgan fingerprint density at radius 3 is 2.64 bits per heavy atom. The number of hydrogen-bond acceptors (Lipinski definition) is 4. The summed E-state index contributed by atoms with van der Waals surface area (Å²) >= 11 is 1.60. The SMILES string of the molecule is CC(N(C)CCC(=O)Nc1sc2c(c1C#N)CCCCC2)C(C)(C)C. The van der Waals surface area contributed by atoms with Crippen LogP contribution in [0.2, 0.25) is 0 Å². The van der Waals surface area contributed by atoms with Gasteiger partial charge in [0.1, 0.15) is 11.1 Å². The molecular weight excluding hydrogens is 330 g/mol. The van der Waals surface area contributed by atoms with Crippen LogP contribution in [0.4, 0.5) is 5.00 Å². The molecule has 5 heteroatoms. The lowest BCUT2D eigenvalue weighted by molar-refractivity contribution is -0.116. The van der Waals surface area contributed by atoms with Crippen LogP contribution in [0, 0.1) is 16.7 Å². The zero-order valence-corrected chi connectivity index (χ0v) is 17.1. The standard InChI is InChI=1S/C20H31N3OS/c1-14(20(2,3)4)23(5)12-11-18(24)22-19-16(13-21)15-9-7-6-8-10-17(15)25-19/h14H,6-12H2,1-5H3,(H,22,24). The fraction of sp³-hybridized carbons (Fsp3) is 0.700. The van der Waals surface area contributed by atoms with Crippen molar-refractivity contribution in [3.63, 3.8) is 0 Å². The molecule has 2 rings (SSSR count). The highest BCUT2D eigenvalue weighted by Gasteiger charge is 2.25. The van der Waals surface area contributed by atoms with E-state index in [2.05, 4.69) is 51.0 Å². The molecule has 25 heavy (non-hydrogen) atoms. The summed E-state index contributed by atoms with van der Waals surface area (Å²) in [6, 6.07) is 2.72. The van der Waals surface area contributed by atoms with Gasteiger partial charge < -0.3 is 10.2 Å². The third-order valence-corrected chi connectivity index (χ3v) is 6.60. The van der Waals surface area contributed by atoms with Crippen LogP contribution < -0.4 is 5.32 Å². The maximum absolute atomic E-state index is 12.4. The summed E-state index contributed by atoms with van der Waals surface area (Å²) < 4.78 is 0. The first-order valence-electron chi connectivity index (χ1n) is 9.28. The zero-order chi connectivity index (χ0) is 18.6. The number of anilines is 1. The van der Waals surface area contributed by atoms with Gasteiger partial charge in [-0.3, -0.25) is 4.79 Å². The molecule has 1 unspecified atom stereocenters. The molecule has 1 aromatic heterocycles. The molecule has 0 bridgehead atoms. The molecule has 0 saturated carbocycles. The summed E-state index contributed by atoms with van der Waals surface area (Å²) in [7, 11) is 2.07. The number of nitriles is 1. The van der Waals surface area contributed by atoms with E-state index in [9.17, 15) is 10.1 Å². The number of nitrogens with zero attached hydrogens (tertiary/aromatic N) is 2. The number of thiophene rings is 1. The zero-order valence-electron chi connectivity index (χ0n) is 16.2. The summed E-state index contributed by atoms with van der Waals surface area (Å²) in [6.45, 7) is 9.56. The number of aryl methyl sites for hydroxylation is 1. The lowest BCUT2D eigenvalue weighted by atomic mass is 9.87. The lowest BCUT2D eigenvalue weighted by Gasteiger charge is -2.35. The van der Waals surface area contributed by atoms with Crippen LogP contribution in [0.1, 0.15) is 69.4 Å². The summed E-state index contributed by atoms with van der Waals surface area (Å²) in [5.74, 6) is 0.000804. The first-order chi connectivity index (χ1) is 11.7. The van der Waals surface area contributed by atoms with Gasteiger partial charge in [0, 0.05) is 23.9 Å². The summed E-state index contributed by atoms with van der Waals surface area (Å²) in [5.41, 5.74) is 2.07. The maximum Gasteiger partial charge on any atom is 0.226 e. The Hall–Kier alpha value is -1.38. The smallest absolute Gasteiger partial charge is 0.226 e. The lowest BCUT2D eigenvalue weighted by Crippen LogP contribution is -2.40. The topological polar surface area (TPSA) is 56.1 Å². The van der Waals surface area contributed by atoms with Crippen molar-refractivity contribution < 1.29 is 4.79 Å². The Morgan fingerprint density at radius 1 is 1.32 bits per heavy atom. The van der Waals surface area contributed by atoms with Gasteiger partial charge in [-0.2, -0.15) is 5.26 Å². The fourth-order valence-corrected chi connectivity index (χ4v) is 4.53. The maximum atomic E-state index is 12.4. The number of amides is 1. The van der Waals surface area contributed by atoms with Gasteiger partial charge in [0.2, 0.25) is 5.91 Å². The molecule has 0 aromatic carbocycles. The summed E-state index contributed by atoms with van der Waals surface area (Å²) in [6.07, 6.45) is 6.01. The molecule has 0 fully saturated rings. The van der Waals surface area contributed by atoms with Gasteiger partial charge in [-0.25, -0.2) is 0 Å². The van der Waals surface area contributed by atoms with Gasteiger partial charge >= 0.3 is 0 Å². The van der Waals surface area contributed by atoms with E-state index in [1.165, 1.54) is 23.3 Å². The monoisotopic (exact) mass is 361 g/mol. The second kappa shape index (κ2) is 8.33. The highest BCUT2D eigenvalue weighted by atomic mass is 32.1. The number of nitrogens with one attached hydrogen (secondary N) is 1. The molecule has 0 spiro atoms. The largest absolute Gasteiger partial charge is 0.317 e. The van der Waals surface area contributed by atoms with Gasteiger partial charge in [-0.15, -0.1) is 11.3 Å². The normalized spacial score (nSPS) is 16.0. The van der Waals surface area contributed by atoms with Crippen molar-refractivity contribution >= 4 is 22.2 Å². The predicted molar refractivity (Wildman–Crippen MR) is 105 cm³/mol. The van der Waals surface area contributed by atoms with Gasteiger partial charge in [-0.1, -0.05) is 27.2 Å². The molecule has 1 amide bonds. The van der Waals surface area contributed by atoms with Crippen LogP contribution >= 0.6 is 11.3 Å². The van der Waals surface area contributed by atoms with Crippen LogP contribution in [-0.2, 0) is 17.6 Å². The predicted octanol–water partition coefficient (Wildman–Crippen LogP) is 4.58. The van der Waals surface area contributed by atoms with Crippen molar-refractivity contribution in [2.24, 2.45) is 5.41 Å². The molecule has 1 aliphatic rings. The van der Waals surface area contributed by atoms with E-state index in [0.717, 1.165) is 30.8 Å². The Balaban J connectivity index is 1.98. The van der Waals surface area contributed by atoms with Crippen LogP contribution in [-0.4, -0.2) is 30.4 Å². The van der Waals surface area contributed by atoms with Crippen molar-refractivity contribution in [3.8, 4) is 6.07 Å². The Bertz CT molecular complexity index is 651. The number of hydrogen-bond donors (Lipinski definition) is 1. The quantitative estimate of drug-likeness (QED) is 0.781. The first kappa shape index (κ1) is 19.9. The van der Waals surface area contributed by atoms with Crippen molar-refractivity contribution in [3.05, 3.63) is 16.0 Å². The minimum absolute atomic E-state index is 0.000804. The van der Waals surface area contributed by atoms with Gasteiger partial charge in [0.15, 0.2) is 0 Å². The van der Waals surface area contributed by atoms with Crippen molar-refractivity contribution in [1.82, 2.24) is 4.90 Å². The molecule has 4 nitrogen and oxygen atoms in total. The number of fused-ring (bicyclic) bond motifs is 1. The van der Waals surface area contributed by atoms with Crippen LogP contribution in [0.5, 0.6) is 0 Å². The summed E-state index contributed by atoms with van der Waals surface area (Å²) in [4.78, 5) is 15.9. The number of carbonyl (C=O) groups excluding carboxylic acids is 1. The van der Waals surface area contributed by atoms with Crippen molar-refractivity contribution in [2.45, 2.75) is 72.3 Å². The third kappa shape index (κ3) is 5.05. The minimum Gasteiger partial charge on any atom is -0.317 e. The molecular formula is C20H31N3OS. The molecule has 1 N–H and O–H groups in total. The van der Waals surface area contributed by atoms with E-state index in [0.29, 0.717) is 18.0 Å². The van der Waals surface area contributed by atoms with Gasteiger partial charge in [0.25, 0.3) is 0 Å². The van der Waals surface area contributed by atoms with Crippen molar-refractivity contribution in [2.75, 3.05) is 18.9 Å². The Morgan fingerprint density at radius 2 is 2.00 bits per heavy atom. The second-order valence-corrected chi connectivity index (χ2v) is 9.31. The van der Waals surface area contributed by atoms with E-state index >= 15 is 0 Å². The van der Waals surface area contributed by atoms with Gasteiger partial charge in [0.05, 0.1) is 5.56 Å². The minimum atomic E-state index is 0.000804. The molecule has 0 saturated heterocycles. The molecule has 0 aliphatic heterocycles. The van der Waals surface area contributed by atoms with E-state index in [1.807, 2.05) is 0 Å². The fourth-order valence-electron chi connectivity index (χ4n) is 3.27. The Labute approximate surface area is 156 Å². The van der Waals surface area contributed by atoms with Crippen LogP contribution in [0.3, 0.4) is 0 Å². The molecule has 1 aromatic rings. The van der Waals surface area contributed by atoms with Crippen LogP contribution in [0.25, 0.3) is 0 Å². The van der Waals surface area contributed by atoms with Crippen molar-refractivity contribution in [1.29, 1.82) is 5.26 Å². The van der Waals surface area contributed by atoms with Gasteiger partial charge in [-0.05, 0) is 50.6 Å². The van der Waals surface area contributed by atoms with E-state index in [4.69, 9.17) is 0 Å². The molecule has 1 aliphatic carbocycles. The number of carbonyl (C=O) groups is 1. The number of rotatable bonds is 5. The molecule has 0 radical (unpaired) electrons. The highest BCUT2D eigenvalue weighted by molar-refractivity contribution is 7.16. The van der Waals surface area contributed by atoms with Crippen LogP contribution in [0.15, 0.2) is 0 Å². The average molecular weight is 362 g/mol. The molecule has 1 atom stereocenters. The first-order valence-corrected chi connectivity index (χ1v) is 10.1. The Kier molecular flexibility index (Phi) is 6.65.